The first kappa shape index (κ1) is 13.2. The molecule has 0 radical (unpaired) electrons. The highest BCUT2D eigenvalue weighted by Gasteiger charge is 2.08. The van der Waals surface area contributed by atoms with Crippen LogP contribution in [-0.2, 0) is 0 Å². The second kappa shape index (κ2) is 6.69. The van der Waals surface area contributed by atoms with Crippen LogP contribution in [0.25, 0.3) is 0 Å². The summed E-state index contributed by atoms with van der Waals surface area (Å²) in [7, 11) is 1.66. The summed E-state index contributed by atoms with van der Waals surface area (Å²) in [5, 5.41) is 0. The van der Waals surface area contributed by atoms with Gasteiger partial charge in [0.25, 0.3) is 0 Å². The molecular formula is C13H20O2S. The van der Waals surface area contributed by atoms with E-state index in [9.17, 15) is 0 Å². The molecule has 1 aromatic carbocycles. The van der Waals surface area contributed by atoms with Crippen molar-refractivity contribution in [1.29, 1.82) is 0 Å². The topological polar surface area (TPSA) is 18.5 Å². The molecular weight excluding hydrogens is 220 g/mol. The normalized spacial score (nSPS) is 12.2. The number of hydrogen-bond donors (Lipinski definition) is 1. The SMILES string of the molecule is CCC(CS)COc1ccc(C)cc1OC. The molecule has 0 amide bonds. The van der Waals surface area contributed by atoms with Crippen molar-refractivity contribution in [2.75, 3.05) is 19.5 Å². The molecule has 0 saturated carbocycles. The van der Waals surface area contributed by atoms with Gasteiger partial charge in [-0.15, -0.1) is 0 Å². The van der Waals surface area contributed by atoms with Gasteiger partial charge in [-0.3, -0.25) is 0 Å². The van der Waals surface area contributed by atoms with Crippen LogP contribution in [0.2, 0.25) is 0 Å². The van der Waals surface area contributed by atoms with E-state index >= 15 is 0 Å². The molecule has 0 fully saturated rings. The summed E-state index contributed by atoms with van der Waals surface area (Å²) >= 11 is 4.30. The summed E-state index contributed by atoms with van der Waals surface area (Å²) in [5.74, 6) is 2.96. The van der Waals surface area contributed by atoms with Crippen LogP contribution >= 0.6 is 12.6 Å². The van der Waals surface area contributed by atoms with E-state index < -0.39 is 0 Å². The van der Waals surface area contributed by atoms with Crippen LogP contribution in [0, 0.1) is 12.8 Å². The minimum Gasteiger partial charge on any atom is -0.493 e. The molecule has 90 valence electrons. The van der Waals surface area contributed by atoms with Gasteiger partial charge in [0.1, 0.15) is 0 Å². The summed E-state index contributed by atoms with van der Waals surface area (Å²) in [5.41, 5.74) is 1.17. The second-order valence-corrected chi connectivity index (χ2v) is 4.29. The van der Waals surface area contributed by atoms with Gasteiger partial charge in [0.15, 0.2) is 11.5 Å². The maximum atomic E-state index is 5.75. The fourth-order valence-corrected chi connectivity index (χ4v) is 1.76. The maximum Gasteiger partial charge on any atom is 0.161 e. The Labute approximate surface area is 103 Å². The average Bonchev–Trinajstić information content (AvgIpc) is 2.31. The van der Waals surface area contributed by atoms with Crippen molar-refractivity contribution < 1.29 is 9.47 Å². The summed E-state index contributed by atoms with van der Waals surface area (Å²) in [4.78, 5) is 0. The van der Waals surface area contributed by atoms with Gasteiger partial charge in [-0.05, 0) is 36.8 Å². The molecule has 0 heterocycles. The Bertz CT molecular complexity index is 322. The van der Waals surface area contributed by atoms with Gasteiger partial charge in [0.05, 0.1) is 13.7 Å². The minimum absolute atomic E-state index is 0.495. The standard InChI is InChI=1S/C13H20O2S/c1-4-11(9-16)8-15-12-6-5-10(2)7-13(12)14-3/h5-7,11,16H,4,8-9H2,1-3H3. The molecule has 1 unspecified atom stereocenters. The van der Waals surface area contributed by atoms with Gasteiger partial charge in [-0.1, -0.05) is 13.0 Å². The molecule has 0 aliphatic rings. The smallest absolute Gasteiger partial charge is 0.161 e. The van der Waals surface area contributed by atoms with E-state index in [0.29, 0.717) is 12.5 Å². The highest BCUT2D eigenvalue weighted by Crippen LogP contribution is 2.28. The summed E-state index contributed by atoms with van der Waals surface area (Å²) in [6.45, 7) is 4.88. The fourth-order valence-electron chi connectivity index (χ4n) is 1.40. The van der Waals surface area contributed by atoms with E-state index in [4.69, 9.17) is 9.47 Å². The van der Waals surface area contributed by atoms with Gasteiger partial charge in [-0.25, -0.2) is 0 Å². The first-order valence-electron chi connectivity index (χ1n) is 5.59. The van der Waals surface area contributed by atoms with E-state index in [1.165, 1.54) is 5.56 Å². The number of rotatable bonds is 6. The maximum absolute atomic E-state index is 5.75. The molecule has 0 bridgehead atoms. The zero-order chi connectivity index (χ0) is 12.0. The molecule has 1 rings (SSSR count). The lowest BCUT2D eigenvalue weighted by molar-refractivity contribution is 0.247. The zero-order valence-electron chi connectivity index (χ0n) is 10.2. The molecule has 0 aromatic heterocycles. The van der Waals surface area contributed by atoms with Gasteiger partial charge in [-0.2, -0.15) is 12.6 Å². The van der Waals surface area contributed by atoms with E-state index in [2.05, 4.69) is 19.6 Å². The third-order valence-corrected chi connectivity index (χ3v) is 3.15. The lowest BCUT2D eigenvalue weighted by Crippen LogP contribution is -2.13. The van der Waals surface area contributed by atoms with Crippen molar-refractivity contribution in [3.05, 3.63) is 23.8 Å². The third kappa shape index (κ3) is 3.63. The molecule has 0 aliphatic carbocycles. The molecule has 0 N–H and O–H groups in total. The van der Waals surface area contributed by atoms with Crippen molar-refractivity contribution in [2.45, 2.75) is 20.3 Å². The first-order chi connectivity index (χ1) is 7.71. The molecule has 3 heteroatoms. The molecule has 0 spiro atoms. The van der Waals surface area contributed by atoms with Crippen molar-refractivity contribution in [3.63, 3.8) is 0 Å². The van der Waals surface area contributed by atoms with Crippen LogP contribution < -0.4 is 9.47 Å². The summed E-state index contributed by atoms with van der Waals surface area (Å²) < 4.78 is 11.0. The van der Waals surface area contributed by atoms with Gasteiger partial charge < -0.3 is 9.47 Å². The lowest BCUT2D eigenvalue weighted by atomic mass is 10.1. The Morgan fingerprint density at radius 2 is 2.06 bits per heavy atom. The minimum atomic E-state index is 0.495. The lowest BCUT2D eigenvalue weighted by Gasteiger charge is -2.15. The van der Waals surface area contributed by atoms with Gasteiger partial charge >= 0.3 is 0 Å². The molecule has 1 aromatic rings. The Hall–Kier alpha value is -0.830. The van der Waals surface area contributed by atoms with E-state index in [1.807, 2.05) is 25.1 Å². The monoisotopic (exact) mass is 240 g/mol. The van der Waals surface area contributed by atoms with Crippen molar-refractivity contribution in [1.82, 2.24) is 0 Å². The predicted octanol–water partition coefficient (Wildman–Crippen LogP) is 3.34. The zero-order valence-corrected chi connectivity index (χ0v) is 11.1. The molecule has 0 aliphatic heterocycles. The largest absolute Gasteiger partial charge is 0.493 e. The Kier molecular flexibility index (Phi) is 5.53. The van der Waals surface area contributed by atoms with Crippen LogP contribution in [0.1, 0.15) is 18.9 Å². The Morgan fingerprint density at radius 3 is 2.62 bits per heavy atom. The van der Waals surface area contributed by atoms with Crippen LogP contribution in [0.4, 0.5) is 0 Å². The quantitative estimate of drug-likeness (QED) is 0.769. The molecule has 0 saturated heterocycles. The molecule has 2 nitrogen and oxygen atoms in total. The van der Waals surface area contributed by atoms with Crippen molar-refractivity contribution >= 4 is 12.6 Å². The van der Waals surface area contributed by atoms with Crippen LogP contribution in [0.3, 0.4) is 0 Å². The van der Waals surface area contributed by atoms with Crippen LogP contribution in [0.5, 0.6) is 11.5 Å². The van der Waals surface area contributed by atoms with Crippen LogP contribution in [-0.4, -0.2) is 19.5 Å². The predicted molar refractivity (Wildman–Crippen MR) is 70.9 cm³/mol. The van der Waals surface area contributed by atoms with E-state index in [0.717, 1.165) is 23.7 Å². The number of hydrogen-bond acceptors (Lipinski definition) is 3. The Morgan fingerprint density at radius 1 is 1.31 bits per heavy atom. The molecule has 16 heavy (non-hydrogen) atoms. The molecule has 1 atom stereocenters. The number of methoxy groups -OCH3 is 1. The van der Waals surface area contributed by atoms with Crippen molar-refractivity contribution in [3.8, 4) is 11.5 Å². The second-order valence-electron chi connectivity index (χ2n) is 3.92. The average molecular weight is 240 g/mol. The van der Waals surface area contributed by atoms with Gasteiger partial charge in [0.2, 0.25) is 0 Å². The first-order valence-corrected chi connectivity index (χ1v) is 6.22. The van der Waals surface area contributed by atoms with Crippen molar-refractivity contribution in [2.24, 2.45) is 5.92 Å². The fraction of sp³-hybridized carbons (Fsp3) is 0.538. The number of ether oxygens (including phenoxy) is 2. The summed E-state index contributed by atoms with van der Waals surface area (Å²) in [6, 6.07) is 5.97. The number of thiol groups is 1. The third-order valence-electron chi connectivity index (χ3n) is 2.63. The van der Waals surface area contributed by atoms with E-state index in [-0.39, 0.29) is 0 Å². The summed E-state index contributed by atoms with van der Waals surface area (Å²) in [6.07, 6.45) is 1.08. The number of aryl methyl sites for hydroxylation is 1. The Balaban J connectivity index is 2.65. The highest BCUT2D eigenvalue weighted by atomic mass is 32.1. The van der Waals surface area contributed by atoms with E-state index in [1.54, 1.807) is 7.11 Å². The van der Waals surface area contributed by atoms with Crippen LogP contribution in [0.15, 0.2) is 18.2 Å². The van der Waals surface area contributed by atoms with Gasteiger partial charge in [0, 0.05) is 5.92 Å². The highest BCUT2D eigenvalue weighted by molar-refractivity contribution is 7.80. The number of benzene rings is 1.